The van der Waals surface area contributed by atoms with Crippen LogP contribution in [-0.4, -0.2) is 27.9 Å². The van der Waals surface area contributed by atoms with Crippen molar-refractivity contribution in [1.29, 1.82) is 0 Å². The first kappa shape index (κ1) is 15.7. The van der Waals surface area contributed by atoms with Gasteiger partial charge in [0.25, 0.3) is 0 Å². The van der Waals surface area contributed by atoms with Crippen LogP contribution in [0.5, 0.6) is 0 Å². The average Bonchev–Trinajstić information content (AvgIpc) is 3.21. The number of halogens is 1. The molecule has 2 aromatic heterocycles. The highest BCUT2D eigenvalue weighted by atomic mass is 32.1. The van der Waals surface area contributed by atoms with Crippen molar-refractivity contribution in [3.05, 3.63) is 40.8 Å². The number of nitrogens with zero attached hydrogens (tertiary/aromatic N) is 3. The van der Waals surface area contributed by atoms with Gasteiger partial charge in [-0.05, 0) is 43.8 Å². The molecule has 0 saturated carbocycles. The maximum Gasteiger partial charge on any atom is 0.211 e. The van der Waals surface area contributed by atoms with Crippen molar-refractivity contribution in [3.8, 4) is 5.13 Å². The Morgan fingerprint density at radius 3 is 2.83 bits per heavy atom. The Labute approximate surface area is 144 Å². The fraction of sp³-hybridized carbons (Fsp3) is 0.444. The van der Waals surface area contributed by atoms with Crippen LogP contribution in [0.1, 0.15) is 49.1 Å². The van der Waals surface area contributed by atoms with E-state index in [1.54, 1.807) is 22.1 Å². The molecule has 1 aromatic carbocycles. The van der Waals surface area contributed by atoms with Crippen molar-refractivity contribution < 1.29 is 4.39 Å². The predicted octanol–water partition coefficient (Wildman–Crippen LogP) is 4.21. The Morgan fingerprint density at radius 1 is 1.29 bits per heavy atom. The number of rotatable bonds is 3. The van der Waals surface area contributed by atoms with Gasteiger partial charge in [-0.1, -0.05) is 37.3 Å². The third kappa shape index (κ3) is 2.63. The minimum Gasteiger partial charge on any atom is -0.317 e. The molecule has 4 rings (SSSR count). The van der Waals surface area contributed by atoms with Gasteiger partial charge in [0, 0.05) is 16.5 Å². The predicted molar refractivity (Wildman–Crippen MR) is 95.6 cm³/mol. The number of hydrogen-bond donors (Lipinski definition) is 1. The molecule has 0 amide bonds. The van der Waals surface area contributed by atoms with Crippen LogP contribution in [0.25, 0.3) is 16.0 Å². The van der Waals surface area contributed by atoms with E-state index in [1.165, 1.54) is 10.9 Å². The first-order valence-corrected chi connectivity index (χ1v) is 9.30. The smallest absolute Gasteiger partial charge is 0.211 e. The molecule has 1 fully saturated rings. The number of piperidine rings is 1. The third-order valence-electron chi connectivity index (χ3n) is 4.66. The highest BCUT2D eigenvalue weighted by molar-refractivity contribution is 7.14. The molecule has 6 heteroatoms. The SMILES string of the molecule is CC(C)c1nn(-c2ncc(C3CCNCC3)s2)c2c(F)cccc12. The summed E-state index contributed by atoms with van der Waals surface area (Å²) >= 11 is 1.64. The molecule has 0 atom stereocenters. The number of hydrogen-bond acceptors (Lipinski definition) is 4. The zero-order chi connectivity index (χ0) is 16.7. The molecule has 1 N–H and O–H groups in total. The van der Waals surface area contributed by atoms with Crippen LogP contribution in [0.2, 0.25) is 0 Å². The topological polar surface area (TPSA) is 42.7 Å². The fourth-order valence-corrected chi connectivity index (χ4v) is 4.43. The van der Waals surface area contributed by atoms with Gasteiger partial charge in [0.15, 0.2) is 0 Å². The summed E-state index contributed by atoms with van der Waals surface area (Å²) in [4.78, 5) is 5.83. The van der Waals surface area contributed by atoms with Crippen LogP contribution in [0.15, 0.2) is 24.4 Å². The van der Waals surface area contributed by atoms with E-state index in [1.807, 2.05) is 12.3 Å². The van der Waals surface area contributed by atoms with E-state index in [9.17, 15) is 4.39 Å². The Balaban J connectivity index is 1.80. The molecule has 3 heterocycles. The molecule has 4 nitrogen and oxygen atoms in total. The summed E-state index contributed by atoms with van der Waals surface area (Å²) in [5.74, 6) is 0.540. The molecular weight excluding hydrogens is 323 g/mol. The molecule has 1 aliphatic rings. The largest absolute Gasteiger partial charge is 0.317 e. The van der Waals surface area contributed by atoms with Crippen molar-refractivity contribution in [1.82, 2.24) is 20.1 Å². The average molecular weight is 344 g/mol. The number of aromatic nitrogens is 3. The minimum absolute atomic E-state index is 0.236. The maximum absolute atomic E-state index is 14.5. The van der Waals surface area contributed by atoms with Gasteiger partial charge < -0.3 is 5.32 Å². The van der Waals surface area contributed by atoms with Crippen LogP contribution < -0.4 is 5.32 Å². The molecule has 0 bridgehead atoms. The normalized spacial score (nSPS) is 16.3. The molecule has 0 radical (unpaired) electrons. The second-order valence-electron chi connectivity index (χ2n) is 6.66. The lowest BCUT2D eigenvalue weighted by Crippen LogP contribution is -2.26. The van der Waals surface area contributed by atoms with Gasteiger partial charge in [-0.3, -0.25) is 0 Å². The standard InChI is InChI=1S/C18H21FN4S/c1-11(2)16-13-4-3-5-14(19)17(13)23(22-16)18-21-10-15(24-18)12-6-8-20-9-7-12/h3-5,10-12,20H,6-9H2,1-2H3. The molecule has 3 aromatic rings. The first-order chi connectivity index (χ1) is 11.6. The van der Waals surface area contributed by atoms with Crippen molar-refractivity contribution in [2.75, 3.05) is 13.1 Å². The lowest BCUT2D eigenvalue weighted by atomic mass is 9.97. The van der Waals surface area contributed by atoms with Gasteiger partial charge >= 0.3 is 0 Å². The number of fused-ring (bicyclic) bond motifs is 1. The summed E-state index contributed by atoms with van der Waals surface area (Å²) in [6, 6.07) is 5.18. The molecule has 126 valence electrons. The summed E-state index contributed by atoms with van der Waals surface area (Å²) in [5, 5.41) is 9.71. The molecule has 0 unspecified atom stereocenters. The first-order valence-electron chi connectivity index (χ1n) is 8.49. The molecule has 1 saturated heterocycles. The third-order valence-corrected chi connectivity index (χ3v) is 5.80. The van der Waals surface area contributed by atoms with E-state index in [2.05, 4.69) is 24.1 Å². The summed E-state index contributed by atoms with van der Waals surface area (Å²) in [5.41, 5.74) is 1.45. The van der Waals surface area contributed by atoms with Crippen LogP contribution in [-0.2, 0) is 0 Å². The van der Waals surface area contributed by atoms with Crippen molar-refractivity contribution in [2.45, 2.75) is 38.5 Å². The Bertz CT molecular complexity index is 861. The summed E-state index contributed by atoms with van der Waals surface area (Å²) in [6.07, 6.45) is 4.21. The fourth-order valence-electron chi connectivity index (χ4n) is 3.38. The number of benzene rings is 1. The highest BCUT2D eigenvalue weighted by Crippen LogP contribution is 2.34. The Hall–Kier alpha value is -1.79. The van der Waals surface area contributed by atoms with Crippen LogP contribution in [0, 0.1) is 5.82 Å². The molecule has 1 aliphatic heterocycles. The number of nitrogens with one attached hydrogen (secondary N) is 1. The number of thiazole rings is 1. The summed E-state index contributed by atoms with van der Waals surface area (Å²) in [7, 11) is 0. The second-order valence-corrected chi connectivity index (χ2v) is 7.70. The molecular formula is C18H21FN4S. The zero-order valence-corrected chi connectivity index (χ0v) is 14.7. The van der Waals surface area contributed by atoms with Crippen LogP contribution in [0.4, 0.5) is 4.39 Å². The Morgan fingerprint density at radius 2 is 2.08 bits per heavy atom. The Kier molecular flexibility index (Phi) is 4.10. The van der Waals surface area contributed by atoms with Gasteiger partial charge in [0.05, 0.1) is 5.69 Å². The summed E-state index contributed by atoms with van der Waals surface area (Å²) < 4.78 is 16.2. The lowest BCUT2D eigenvalue weighted by molar-refractivity contribution is 0.465. The van der Waals surface area contributed by atoms with Crippen LogP contribution in [0.3, 0.4) is 0 Å². The van der Waals surface area contributed by atoms with Gasteiger partial charge in [0.2, 0.25) is 5.13 Å². The second kappa shape index (κ2) is 6.26. The van der Waals surface area contributed by atoms with E-state index in [4.69, 9.17) is 5.10 Å². The van der Waals surface area contributed by atoms with Crippen molar-refractivity contribution >= 4 is 22.2 Å². The quantitative estimate of drug-likeness (QED) is 0.774. The molecule has 0 spiro atoms. The van der Waals surface area contributed by atoms with E-state index in [-0.39, 0.29) is 11.7 Å². The highest BCUT2D eigenvalue weighted by Gasteiger charge is 2.22. The van der Waals surface area contributed by atoms with Crippen molar-refractivity contribution in [3.63, 3.8) is 0 Å². The van der Waals surface area contributed by atoms with Gasteiger partial charge in [0.1, 0.15) is 11.3 Å². The monoisotopic (exact) mass is 344 g/mol. The molecule has 0 aliphatic carbocycles. The van der Waals surface area contributed by atoms with Gasteiger partial charge in [-0.2, -0.15) is 5.10 Å². The molecule has 24 heavy (non-hydrogen) atoms. The minimum atomic E-state index is -0.245. The van der Waals surface area contributed by atoms with E-state index in [0.717, 1.165) is 42.1 Å². The van der Waals surface area contributed by atoms with Gasteiger partial charge in [-0.15, -0.1) is 0 Å². The lowest BCUT2D eigenvalue weighted by Gasteiger charge is -2.20. The van der Waals surface area contributed by atoms with E-state index < -0.39 is 0 Å². The van der Waals surface area contributed by atoms with Crippen molar-refractivity contribution in [2.24, 2.45) is 0 Å². The number of para-hydroxylation sites is 1. The maximum atomic E-state index is 14.5. The van der Waals surface area contributed by atoms with Gasteiger partial charge in [-0.25, -0.2) is 14.1 Å². The van der Waals surface area contributed by atoms with Crippen LogP contribution >= 0.6 is 11.3 Å². The zero-order valence-electron chi connectivity index (χ0n) is 13.9. The summed E-state index contributed by atoms with van der Waals surface area (Å²) in [6.45, 7) is 6.27. The van der Waals surface area contributed by atoms with E-state index >= 15 is 0 Å². The van der Waals surface area contributed by atoms with E-state index in [0.29, 0.717) is 11.4 Å².